The molecule has 4 rings (SSSR count). The van der Waals surface area contributed by atoms with Gasteiger partial charge in [0.1, 0.15) is 17.1 Å². The summed E-state index contributed by atoms with van der Waals surface area (Å²) in [7, 11) is 1.33. The Hall–Kier alpha value is -2.42. The van der Waals surface area contributed by atoms with E-state index in [2.05, 4.69) is 31.4 Å². The molecule has 2 aliphatic carbocycles. The summed E-state index contributed by atoms with van der Waals surface area (Å²) in [6, 6.07) is -0.532. The molecule has 1 aromatic heterocycles. The second-order valence-electron chi connectivity index (χ2n) is 10.6. The van der Waals surface area contributed by atoms with E-state index >= 15 is 0 Å². The number of carbonyl (C=O) groups is 4. The number of methoxy groups -OCH3 is 1. The predicted molar refractivity (Wildman–Crippen MR) is 125 cm³/mol. The van der Waals surface area contributed by atoms with Gasteiger partial charge < -0.3 is 15.4 Å². The van der Waals surface area contributed by atoms with Gasteiger partial charge in [-0.3, -0.25) is 14.5 Å². The van der Waals surface area contributed by atoms with E-state index in [9.17, 15) is 19.2 Å². The highest BCUT2D eigenvalue weighted by Gasteiger charge is 2.56. The van der Waals surface area contributed by atoms with E-state index in [0.29, 0.717) is 23.4 Å². The molecule has 2 unspecified atom stereocenters. The van der Waals surface area contributed by atoms with Crippen LogP contribution in [-0.4, -0.2) is 47.9 Å². The van der Waals surface area contributed by atoms with Crippen molar-refractivity contribution in [1.29, 1.82) is 0 Å². The number of hydrogen-bond donors (Lipinski definition) is 2. The van der Waals surface area contributed by atoms with Crippen molar-refractivity contribution >= 4 is 40.2 Å². The van der Waals surface area contributed by atoms with Crippen LogP contribution in [0.5, 0.6) is 0 Å². The number of imide groups is 1. The van der Waals surface area contributed by atoms with Crippen molar-refractivity contribution in [3.63, 3.8) is 0 Å². The van der Waals surface area contributed by atoms with Crippen LogP contribution < -0.4 is 10.6 Å². The van der Waals surface area contributed by atoms with Crippen molar-refractivity contribution in [2.24, 2.45) is 11.3 Å². The fourth-order valence-electron chi connectivity index (χ4n) is 6.11. The number of hydrogen-bond acceptors (Lipinski definition) is 6. The molecule has 2 atom stereocenters. The molecule has 180 valence electrons. The smallest absolute Gasteiger partial charge is 0.341 e. The summed E-state index contributed by atoms with van der Waals surface area (Å²) in [4.78, 5) is 53.6. The number of aryl methyl sites for hydroxylation is 1. The number of esters is 1. The summed E-state index contributed by atoms with van der Waals surface area (Å²) in [6.45, 7) is 5.92. The zero-order valence-electron chi connectivity index (χ0n) is 19.8. The number of urea groups is 1. The first-order valence-electron chi connectivity index (χ1n) is 11.7. The Morgan fingerprint density at radius 3 is 2.61 bits per heavy atom. The minimum absolute atomic E-state index is 0.0803. The van der Waals surface area contributed by atoms with Crippen LogP contribution in [0, 0.1) is 11.3 Å². The second kappa shape index (κ2) is 8.74. The van der Waals surface area contributed by atoms with E-state index in [1.165, 1.54) is 18.4 Å². The minimum Gasteiger partial charge on any atom is -0.465 e. The molecule has 1 aliphatic heterocycles. The topological polar surface area (TPSA) is 105 Å². The Kier molecular flexibility index (Phi) is 6.28. The molecule has 1 saturated carbocycles. The number of fused-ring (bicyclic) bond motifs is 1. The van der Waals surface area contributed by atoms with Gasteiger partial charge >= 0.3 is 12.0 Å². The van der Waals surface area contributed by atoms with Crippen molar-refractivity contribution < 1.29 is 23.9 Å². The third-order valence-electron chi connectivity index (χ3n) is 6.99. The SMILES string of the molecule is COC(=O)c1c(NC(=O)CN2C(=O)NC3(CC(C)CC(C)(C)C3)C2=O)sc2c1CCCCC2. The normalized spacial score (nSPS) is 26.5. The summed E-state index contributed by atoms with van der Waals surface area (Å²) < 4.78 is 4.98. The first kappa shape index (κ1) is 23.7. The van der Waals surface area contributed by atoms with Gasteiger partial charge in [0.25, 0.3) is 5.91 Å². The second-order valence-corrected chi connectivity index (χ2v) is 11.7. The first-order chi connectivity index (χ1) is 15.5. The third kappa shape index (κ3) is 4.52. The van der Waals surface area contributed by atoms with E-state index in [4.69, 9.17) is 4.74 Å². The van der Waals surface area contributed by atoms with Crippen molar-refractivity contribution in [2.45, 2.75) is 77.7 Å². The van der Waals surface area contributed by atoms with Gasteiger partial charge in [-0.25, -0.2) is 9.59 Å². The maximum absolute atomic E-state index is 13.3. The molecule has 1 spiro atoms. The molecule has 2 N–H and O–H groups in total. The molecule has 0 bridgehead atoms. The summed E-state index contributed by atoms with van der Waals surface area (Å²) in [5.74, 6) is -1.02. The molecule has 4 amide bonds. The van der Waals surface area contributed by atoms with E-state index in [1.54, 1.807) is 0 Å². The highest BCUT2D eigenvalue weighted by molar-refractivity contribution is 7.17. The van der Waals surface area contributed by atoms with Crippen molar-refractivity contribution in [2.75, 3.05) is 19.0 Å². The van der Waals surface area contributed by atoms with Gasteiger partial charge in [0.15, 0.2) is 0 Å². The van der Waals surface area contributed by atoms with Crippen LogP contribution in [0.4, 0.5) is 9.80 Å². The number of carbonyl (C=O) groups excluding carboxylic acids is 4. The van der Waals surface area contributed by atoms with E-state index in [0.717, 1.165) is 53.9 Å². The molecule has 0 radical (unpaired) electrons. The molecule has 3 aliphatic rings. The number of ether oxygens (including phenoxy) is 1. The van der Waals surface area contributed by atoms with Crippen LogP contribution in [0.1, 0.15) is 80.1 Å². The molecule has 1 saturated heterocycles. The highest BCUT2D eigenvalue weighted by atomic mass is 32.1. The lowest BCUT2D eigenvalue weighted by atomic mass is 9.64. The van der Waals surface area contributed by atoms with Gasteiger partial charge in [0, 0.05) is 4.88 Å². The summed E-state index contributed by atoms with van der Waals surface area (Å²) in [6.07, 6.45) is 6.88. The maximum atomic E-state index is 13.3. The zero-order valence-corrected chi connectivity index (χ0v) is 20.7. The number of amides is 4. The predicted octanol–water partition coefficient (Wildman–Crippen LogP) is 3.88. The van der Waals surface area contributed by atoms with Crippen LogP contribution in [0.15, 0.2) is 0 Å². The first-order valence-corrected chi connectivity index (χ1v) is 12.5. The molecule has 9 heteroatoms. The maximum Gasteiger partial charge on any atom is 0.341 e. The van der Waals surface area contributed by atoms with Gasteiger partial charge in [-0.1, -0.05) is 27.2 Å². The average Bonchev–Trinajstić information content (AvgIpc) is 3.02. The van der Waals surface area contributed by atoms with Crippen LogP contribution in [0.25, 0.3) is 0 Å². The van der Waals surface area contributed by atoms with E-state index in [-0.39, 0.29) is 23.8 Å². The van der Waals surface area contributed by atoms with E-state index in [1.807, 2.05) is 0 Å². The number of nitrogens with one attached hydrogen (secondary N) is 2. The summed E-state index contributed by atoms with van der Waals surface area (Å²) in [5, 5.41) is 6.13. The molecule has 8 nitrogen and oxygen atoms in total. The molecule has 0 aromatic carbocycles. The minimum atomic E-state index is -0.948. The largest absolute Gasteiger partial charge is 0.465 e. The summed E-state index contributed by atoms with van der Waals surface area (Å²) in [5.41, 5.74) is 0.329. The van der Waals surface area contributed by atoms with Crippen LogP contribution >= 0.6 is 11.3 Å². The average molecular weight is 476 g/mol. The Morgan fingerprint density at radius 2 is 1.91 bits per heavy atom. The number of nitrogens with zero attached hydrogens (tertiary/aromatic N) is 1. The third-order valence-corrected chi connectivity index (χ3v) is 8.20. The zero-order chi connectivity index (χ0) is 24.0. The number of rotatable bonds is 4. The fraction of sp³-hybridized carbons (Fsp3) is 0.667. The molecule has 2 fully saturated rings. The van der Waals surface area contributed by atoms with Crippen molar-refractivity contribution in [3.05, 3.63) is 16.0 Å². The lowest BCUT2D eigenvalue weighted by Crippen LogP contribution is -2.54. The summed E-state index contributed by atoms with van der Waals surface area (Å²) >= 11 is 1.39. The quantitative estimate of drug-likeness (QED) is 0.391. The van der Waals surface area contributed by atoms with Gasteiger partial charge in [0.05, 0.1) is 12.7 Å². The monoisotopic (exact) mass is 475 g/mol. The molecular formula is C24H33N3O5S. The van der Waals surface area contributed by atoms with Gasteiger partial charge in [-0.05, 0) is 61.8 Å². The van der Waals surface area contributed by atoms with E-state index < -0.39 is 23.4 Å². The molecule has 2 heterocycles. The van der Waals surface area contributed by atoms with Crippen LogP contribution in [0.2, 0.25) is 0 Å². The number of thiophene rings is 1. The Labute approximate surface area is 198 Å². The highest BCUT2D eigenvalue weighted by Crippen LogP contribution is 2.46. The van der Waals surface area contributed by atoms with Crippen molar-refractivity contribution in [1.82, 2.24) is 10.2 Å². The van der Waals surface area contributed by atoms with Gasteiger partial charge in [0.2, 0.25) is 5.91 Å². The number of anilines is 1. The van der Waals surface area contributed by atoms with Gasteiger partial charge in [-0.2, -0.15) is 0 Å². The van der Waals surface area contributed by atoms with Crippen LogP contribution in [0.3, 0.4) is 0 Å². The lowest BCUT2D eigenvalue weighted by molar-refractivity contribution is -0.136. The van der Waals surface area contributed by atoms with Gasteiger partial charge in [-0.15, -0.1) is 11.3 Å². The van der Waals surface area contributed by atoms with Crippen LogP contribution in [-0.2, 0) is 27.2 Å². The molecule has 1 aromatic rings. The standard InChI is InChI=1S/C24H33N3O5S/c1-14-10-23(2,3)13-24(11-14)21(30)27(22(31)26-24)12-17(28)25-19-18(20(29)32-4)15-8-6-5-7-9-16(15)33-19/h14H,5-13H2,1-4H3,(H,25,28)(H,26,31). The Balaban J connectivity index is 1.52. The molecular weight excluding hydrogens is 442 g/mol. The lowest BCUT2D eigenvalue weighted by Gasteiger charge is -2.43. The Bertz CT molecular complexity index is 1000. The fourth-order valence-corrected chi connectivity index (χ4v) is 7.40. The molecule has 33 heavy (non-hydrogen) atoms. The Morgan fingerprint density at radius 1 is 1.18 bits per heavy atom. The van der Waals surface area contributed by atoms with Crippen molar-refractivity contribution in [3.8, 4) is 0 Å².